The van der Waals surface area contributed by atoms with Crippen molar-refractivity contribution in [1.29, 1.82) is 5.26 Å². The van der Waals surface area contributed by atoms with Crippen LogP contribution in [0.3, 0.4) is 0 Å². The van der Waals surface area contributed by atoms with E-state index in [1.165, 1.54) is 11.3 Å². The number of rotatable bonds is 2. The van der Waals surface area contributed by atoms with E-state index in [0.29, 0.717) is 13.1 Å². The molecule has 0 N–H and O–H groups in total. The van der Waals surface area contributed by atoms with Gasteiger partial charge in [-0.25, -0.2) is 4.98 Å². The Morgan fingerprint density at radius 2 is 2.05 bits per heavy atom. The maximum absolute atomic E-state index is 12.3. The third-order valence-corrected chi connectivity index (χ3v) is 4.49. The van der Waals surface area contributed by atoms with E-state index < -0.39 is 5.54 Å². The molecule has 0 saturated carbocycles. The first kappa shape index (κ1) is 14.0. The molecule has 0 radical (unpaired) electrons. The number of carbonyl (C=O) groups excluding carboxylic acids is 1. The Labute approximate surface area is 117 Å². The molecule has 0 atom stereocenters. The Kier molecular flexibility index (Phi) is 3.88. The van der Waals surface area contributed by atoms with Crippen molar-refractivity contribution in [2.24, 2.45) is 0 Å². The van der Waals surface area contributed by atoms with Crippen molar-refractivity contribution in [3.8, 4) is 6.07 Å². The fourth-order valence-corrected chi connectivity index (χ4v) is 2.96. The van der Waals surface area contributed by atoms with Gasteiger partial charge >= 0.3 is 0 Å². The summed E-state index contributed by atoms with van der Waals surface area (Å²) in [5, 5.41) is 9.13. The number of amides is 1. The molecule has 1 aliphatic rings. The van der Waals surface area contributed by atoms with E-state index in [1.807, 2.05) is 25.7 Å². The van der Waals surface area contributed by atoms with Gasteiger partial charge in [0.05, 0.1) is 17.3 Å². The number of carbonyl (C=O) groups is 1. The largest absolute Gasteiger partial charge is 0.335 e. The summed E-state index contributed by atoms with van der Waals surface area (Å²) >= 11 is 1.39. The van der Waals surface area contributed by atoms with Crippen LogP contribution in [0.1, 0.15) is 29.2 Å². The van der Waals surface area contributed by atoms with Gasteiger partial charge in [-0.3, -0.25) is 9.69 Å². The third kappa shape index (κ3) is 2.77. The van der Waals surface area contributed by atoms with Crippen LogP contribution in [-0.2, 0) is 0 Å². The fourth-order valence-electron chi connectivity index (χ4n) is 2.19. The summed E-state index contributed by atoms with van der Waals surface area (Å²) in [5.41, 5.74) is 2.04. The molecule has 5 nitrogen and oxygen atoms in total. The van der Waals surface area contributed by atoms with Gasteiger partial charge in [0.15, 0.2) is 0 Å². The number of piperazine rings is 1. The second-order valence-corrected chi connectivity index (χ2v) is 6.07. The molecule has 19 heavy (non-hydrogen) atoms. The molecular formula is C13H18N4OS. The lowest BCUT2D eigenvalue weighted by Crippen LogP contribution is -2.55. The number of thiazole rings is 1. The van der Waals surface area contributed by atoms with E-state index >= 15 is 0 Å². The van der Waals surface area contributed by atoms with Gasteiger partial charge in [0.2, 0.25) is 0 Å². The zero-order chi connectivity index (χ0) is 14.0. The lowest BCUT2D eigenvalue weighted by molar-refractivity contribution is 0.0524. The van der Waals surface area contributed by atoms with E-state index in [-0.39, 0.29) is 5.91 Å². The number of aryl methyl sites for hydroxylation is 1. The van der Waals surface area contributed by atoms with Gasteiger partial charge in [-0.1, -0.05) is 0 Å². The van der Waals surface area contributed by atoms with Gasteiger partial charge < -0.3 is 4.90 Å². The second-order valence-electron chi connectivity index (χ2n) is 5.22. The van der Waals surface area contributed by atoms with Crippen molar-refractivity contribution in [3.05, 3.63) is 16.1 Å². The molecule has 0 spiro atoms. The molecule has 1 aliphatic heterocycles. The Morgan fingerprint density at radius 3 is 2.53 bits per heavy atom. The number of hydrogen-bond acceptors (Lipinski definition) is 5. The first-order chi connectivity index (χ1) is 8.95. The predicted molar refractivity (Wildman–Crippen MR) is 74.0 cm³/mol. The minimum Gasteiger partial charge on any atom is -0.335 e. The van der Waals surface area contributed by atoms with Gasteiger partial charge in [0, 0.05) is 26.2 Å². The van der Waals surface area contributed by atoms with Gasteiger partial charge in [-0.2, -0.15) is 5.26 Å². The second kappa shape index (κ2) is 5.27. The standard InChI is InChI=1S/C13H18N4OS/c1-10-11(19-9-15-10)12(18)16-4-6-17(7-5-16)13(2,3)8-14/h9H,4-7H2,1-3H3. The van der Waals surface area contributed by atoms with Crippen LogP contribution in [0.5, 0.6) is 0 Å². The summed E-state index contributed by atoms with van der Waals surface area (Å²) in [6, 6.07) is 2.31. The molecule has 0 aromatic carbocycles. The number of aromatic nitrogens is 1. The summed E-state index contributed by atoms with van der Waals surface area (Å²) in [4.78, 5) is 21.1. The molecule has 102 valence electrons. The predicted octanol–water partition coefficient (Wildman–Crippen LogP) is 1.51. The Hall–Kier alpha value is -1.45. The van der Waals surface area contributed by atoms with Gasteiger partial charge in [0.25, 0.3) is 5.91 Å². The maximum Gasteiger partial charge on any atom is 0.265 e. The Morgan fingerprint density at radius 1 is 1.42 bits per heavy atom. The van der Waals surface area contributed by atoms with Crippen molar-refractivity contribution in [2.75, 3.05) is 26.2 Å². The van der Waals surface area contributed by atoms with E-state index in [4.69, 9.17) is 5.26 Å². The van der Waals surface area contributed by atoms with Crippen LogP contribution < -0.4 is 0 Å². The first-order valence-electron chi connectivity index (χ1n) is 6.31. The van der Waals surface area contributed by atoms with Crippen LogP contribution in [0.2, 0.25) is 0 Å². The normalized spacial score (nSPS) is 17.3. The zero-order valence-corrected chi connectivity index (χ0v) is 12.3. The molecule has 0 bridgehead atoms. The first-order valence-corrected chi connectivity index (χ1v) is 7.19. The van der Waals surface area contributed by atoms with Crippen molar-refractivity contribution < 1.29 is 4.79 Å². The van der Waals surface area contributed by atoms with Crippen molar-refractivity contribution in [2.45, 2.75) is 26.3 Å². The van der Waals surface area contributed by atoms with Gasteiger partial charge in [0.1, 0.15) is 10.4 Å². The van der Waals surface area contributed by atoms with Gasteiger partial charge in [-0.15, -0.1) is 11.3 Å². The van der Waals surface area contributed by atoms with Gasteiger partial charge in [-0.05, 0) is 20.8 Å². The van der Waals surface area contributed by atoms with Crippen molar-refractivity contribution >= 4 is 17.2 Å². The minimum absolute atomic E-state index is 0.0643. The quantitative estimate of drug-likeness (QED) is 0.823. The summed E-state index contributed by atoms with van der Waals surface area (Å²) in [6.07, 6.45) is 0. The van der Waals surface area contributed by atoms with E-state index in [9.17, 15) is 4.79 Å². The third-order valence-electron chi connectivity index (χ3n) is 3.57. The molecule has 0 unspecified atom stereocenters. The van der Waals surface area contributed by atoms with E-state index in [0.717, 1.165) is 23.7 Å². The Balaban J connectivity index is 2.00. The molecular weight excluding hydrogens is 260 g/mol. The van der Waals surface area contributed by atoms with Crippen LogP contribution in [-0.4, -0.2) is 52.4 Å². The fraction of sp³-hybridized carbons (Fsp3) is 0.615. The zero-order valence-electron chi connectivity index (χ0n) is 11.5. The average molecular weight is 278 g/mol. The summed E-state index contributed by atoms with van der Waals surface area (Å²) in [7, 11) is 0. The van der Waals surface area contributed by atoms with Crippen LogP contribution in [0.15, 0.2) is 5.51 Å². The highest BCUT2D eigenvalue weighted by atomic mass is 32.1. The molecule has 1 aromatic heterocycles. The van der Waals surface area contributed by atoms with E-state index in [2.05, 4.69) is 16.0 Å². The minimum atomic E-state index is -0.463. The van der Waals surface area contributed by atoms with Crippen LogP contribution in [0, 0.1) is 18.3 Å². The molecule has 1 saturated heterocycles. The number of hydrogen-bond donors (Lipinski definition) is 0. The summed E-state index contributed by atoms with van der Waals surface area (Å²) in [6.45, 7) is 8.51. The maximum atomic E-state index is 12.3. The van der Waals surface area contributed by atoms with Crippen LogP contribution >= 0.6 is 11.3 Å². The molecule has 1 aromatic rings. The topological polar surface area (TPSA) is 60.2 Å². The molecule has 1 fully saturated rings. The molecule has 2 rings (SSSR count). The Bertz CT molecular complexity index is 509. The SMILES string of the molecule is Cc1ncsc1C(=O)N1CCN(C(C)(C)C#N)CC1. The van der Waals surface area contributed by atoms with Crippen LogP contribution in [0.4, 0.5) is 0 Å². The van der Waals surface area contributed by atoms with Crippen molar-refractivity contribution in [1.82, 2.24) is 14.8 Å². The van der Waals surface area contributed by atoms with E-state index in [1.54, 1.807) is 5.51 Å². The monoisotopic (exact) mass is 278 g/mol. The highest BCUT2D eigenvalue weighted by molar-refractivity contribution is 7.11. The molecule has 2 heterocycles. The lowest BCUT2D eigenvalue weighted by atomic mass is 10.0. The summed E-state index contributed by atoms with van der Waals surface area (Å²) < 4.78 is 0. The average Bonchev–Trinajstić information content (AvgIpc) is 2.84. The summed E-state index contributed by atoms with van der Waals surface area (Å²) in [5.74, 6) is 0.0643. The van der Waals surface area contributed by atoms with Crippen LogP contribution in [0.25, 0.3) is 0 Å². The molecule has 6 heteroatoms. The van der Waals surface area contributed by atoms with Crippen molar-refractivity contribution in [3.63, 3.8) is 0 Å². The molecule has 1 amide bonds. The number of nitriles is 1. The smallest absolute Gasteiger partial charge is 0.265 e. The number of nitrogens with zero attached hydrogens (tertiary/aromatic N) is 4. The highest BCUT2D eigenvalue weighted by Gasteiger charge is 2.31. The highest BCUT2D eigenvalue weighted by Crippen LogP contribution is 2.19. The lowest BCUT2D eigenvalue weighted by Gasteiger charge is -2.40. The molecule has 0 aliphatic carbocycles.